The second-order valence-corrected chi connectivity index (χ2v) is 5.04. The molecular weight excluding hydrogens is 272 g/mol. The van der Waals surface area contributed by atoms with E-state index in [0.29, 0.717) is 19.6 Å². The first-order chi connectivity index (χ1) is 10.1. The predicted octanol–water partition coefficient (Wildman–Crippen LogP) is 0.513. The maximum absolute atomic E-state index is 12.3. The average Bonchev–Trinajstić information content (AvgIpc) is 2.50. The minimum Gasteiger partial charge on any atom is -0.481 e. The van der Waals surface area contributed by atoms with Crippen molar-refractivity contribution in [3.05, 3.63) is 29.8 Å². The smallest absolute Gasteiger partial charge is 0.308 e. The fraction of sp³-hybridized carbons (Fsp3) is 0.467. The summed E-state index contributed by atoms with van der Waals surface area (Å²) in [5, 5.41) is 12.2. The molecule has 6 nitrogen and oxygen atoms in total. The highest BCUT2D eigenvalue weighted by Gasteiger charge is 2.31. The van der Waals surface area contributed by atoms with Gasteiger partial charge in [-0.3, -0.25) is 9.59 Å². The van der Waals surface area contributed by atoms with Crippen molar-refractivity contribution in [1.82, 2.24) is 5.32 Å². The van der Waals surface area contributed by atoms with Crippen LogP contribution in [0.5, 0.6) is 0 Å². The van der Waals surface area contributed by atoms with Crippen LogP contribution in [0.15, 0.2) is 24.3 Å². The van der Waals surface area contributed by atoms with Crippen molar-refractivity contribution in [3.8, 4) is 0 Å². The summed E-state index contributed by atoms with van der Waals surface area (Å²) in [5.41, 5.74) is 1.72. The van der Waals surface area contributed by atoms with Crippen LogP contribution < -0.4 is 10.2 Å². The molecule has 1 aliphatic rings. The highest BCUT2D eigenvalue weighted by atomic mass is 16.5. The highest BCUT2D eigenvalue weighted by molar-refractivity contribution is 5.97. The normalized spacial score (nSPS) is 17.4. The van der Waals surface area contributed by atoms with Crippen molar-refractivity contribution in [2.75, 3.05) is 38.3 Å². The van der Waals surface area contributed by atoms with Crippen LogP contribution in [0.25, 0.3) is 0 Å². The molecule has 2 N–H and O–H groups in total. The zero-order chi connectivity index (χ0) is 15.2. The van der Waals surface area contributed by atoms with E-state index in [1.54, 1.807) is 12.0 Å². The van der Waals surface area contributed by atoms with E-state index in [1.165, 1.54) is 0 Å². The number of fused-ring (bicyclic) bond motifs is 1. The first kappa shape index (κ1) is 15.5. The standard InChI is InChI=1S/C15H20N2O4/c1-21-7-6-16-9-14(18)17-10-12(15(19)20)8-11-4-2-3-5-13(11)17/h2-5,12,16H,6-10H2,1H3,(H,19,20). The summed E-state index contributed by atoms with van der Waals surface area (Å²) in [7, 11) is 1.60. The molecule has 114 valence electrons. The molecule has 0 radical (unpaired) electrons. The number of ether oxygens (including phenoxy) is 1. The fourth-order valence-corrected chi connectivity index (χ4v) is 2.46. The number of carbonyl (C=O) groups is 2. The monoisotopic (exact) mass is 292 g/mol. The first-order valence-corrected chi connectivity index (χ1v) is 6.94. The van der Waals surface area contributed by atoms with Crippen LogP contribution in [0.3, 0.4) is 0 Å². The van der Waals surface area contributed by atoms with Gasteiger partial charge in [-0.1, -0.05) is 18.2 Å². The van der Waals surface area contributed by atoms with E-state index in [2.05, 4.69) is 5.32 Å². The number of benzene rings is 1. The minimum absolute atomic E-state index is 0.121. The van der Waals surface area contributed by atoms with Gasteiger partial charge in [-0.2, -0.15) is 0 Å². The fourth-order valence-electron chi connectivity index (χ4n) is 2.46. The minimum atomic E-state index is -0.866. The lowest BCUT2D eigenvalue weighted by molar-refractivity contribution is -0.141. The molecule has 0 saturated heterocycles. The Labute approximate surface area is 123 Å². The zero-order valence-corrected chi connectivity index (χ0v) is 12.0. The molecule has 1 aromatic carbocycles. The van der Waals surface area contributed by atoms with E-state index in [0.717, 1.165) is 11.3 Å². The molecular formula is C15H20N2O4. The van der Waals surface area contributed by atoms with Gasteiger partial charge in [0.15, 0.2) is 0 Å². The SMILES string of the molecule is COCCNCC(=O)N1CC(C(=O)O)Cc2ccccc21. The van der Waals surface area contributed by atoms with Gasteiger partial charge in [0.05, 0.1) is 19.1 Å². The van der Waals surface area contributed by atoms with Crippen LogP contribution in [0.1, 0.15) is 5.56 Å². The molecule has 6 heteroatoms. The van der Waals surface area contributed by atoms with Crippen LogP contribution in [0.2, 0.25) is 0 Å². The number of para-hydroxylation sites is 1. The summed E-state index contributed by atoms with van der Waals surface area (Å²) >= 11 is 0. The van der Waals surface area contributed by atoms with Gasteiger partial charge in [0.2, 0.25) is 5.91 Å². The molecule has 1 aromatic rings. The number of nitrogens with one attached hydrogen (secondary N) is 1. The number of hydrogen-bond donors (Lipinski definition) is 2. The largest absolute Gasteiger partial charge is 0.481 e. The van der Waals surface area contributed by atoms with Crippen molar-refractivity contribution in [2.24, 2.45) is 5.92 Å². The second kappa shape index (κ2) is 7.19. The van der Waals surface area contributed by atoms with Crippen molar-refractivity contribution in [3.63, 3.8) is 0 Å². The molecule has 0 aromatic heterocycles. The Balaban J connectivity index is 2.09. The van der Waals surface area contributed by atoms with Crippen LogP contribution in [-0.2, 0) is 20.7 Å². The number of carboxylic acid groups (broad SMARTS) is 1. The summed E-state index contributed by atoms with van der Waals surface area (Å²) < 4.78 is 4.91. The molecule has 0 bridgehead atoms. The Morgan fingerprint density at radius 3 is 2.90 bits per heavy atom. The number of anilines is 1. The average molecular weight is 292 g/mol. The molecule has 0 fully saturated rings. The number of aliphatic carboxylic acids is 1. The number of hydrogen-bond acceptors (Lipinski definition) is 4. The Hall–Kier alpha value is -1.92. The van der Waals surface area contributed by atoms with E-state index >= 15 is 0 Å². The third-order valence-corrected chi connectivity index (χ3v) is 3.56. The number of carboxylic acids is 1. The number of methoxy groups -OCH3 is 1. The van der Waals surface area contributed by atoms with Crippen molar-refractivity contribution in [1.29, 1.82) is 0 Å². The number of rotatable bonds is 6. The molecule has 0 spiro atoms. The highest BCUT2D eigenvalue weighted by Crippen LogP contribution is 2.29. The van der Waals surface area contributed by atoms with Gasteiger partial charge in [-0.05, 0) is 18.1 Å². The first-order valence-electron chi connectivity index (χ1n) is 6.94. The summed E-state index contributed by atoms with van der Waals surface area (Å²) in [6.45, 7) is 1.50. The third-order valence-electron chi connectivity index (χ3n) is 3.56. The van der Waals surface area contributed by atoms with E-state index in [-0.39, 0.29) is 19.0 Å². The Morgan fingerprint density at radius 2 is 2.19 bits per heavy atom. The molecule has 1 amide bonds. The summed E-state index contributed by atoms with van der Waals surface area (Å²) in [4.78, 5) is 25.2. The van der Waals surface area contributed by atoms with Crippen LogP contribution in [0, 0.1) is 5.92 Å². The van der Waals surface area contributed by atoms with E-state index in [4.69, 9.17) is 4.74 Å². The van der Waals surface area contributed by atoms with Crippen molar-refractivity contribution < 1.29 is 19.4 Å². The molecule has 1 atom stereocenters. The maximum Gasteiger partial charge on any atom is 0.308 e. The molecule has 1 unspecified atom stereocenters. The van der Waals surface area contributed by atoms with E-state index < -0.39 is 11.9 Å². The lowest BCUT2D eigenvalue weighted by Gasteiger charge is -2.33. The van der Waals surface area contributed by atoms with E-state index in [9.17, 15) is 14.7 Å². The molecule has 1 aliphatic heterocycles. The van der Waals surface area contributed by atoms with Crippen LogP contribution in [0.4, 0.5) is 5.69 Å². The third kappa shape index (κ3) is 3.80. The van der Waals surface area contributed by atoms with Gasteiger partial charge in [0.25, 0.3) is 0 Å². The van der Waals surface area contributed by atoms with Crippen LogP contribution in [-0.4, -0.2) is 50.3 Å². The summed E-state index contributed by atoms with van der Waals surface area (Å²) in [6.07, 6.45) is 0.465. The molecule has 0 aliphatic carbocycles. The van der Waals surface area contributed by atoms with Gasteiger partial charge in [0, 0.05) is 25.9 Å². The molecule has 2 rings (SSSR count). The van der Waals surface area contributed by atoms with Gasteiger partial charge in [0.1, 0.15) is 0 Å². The number of nitrogens with zero attached hydrogens (tertiary/aromatic N) is 1. The van der Waals surface area contributed by atoms with Crippen molar-refractivity contribution >= 4 is 17.6 Å². The lowest BCUT2D eigenvalue weighted by Crippen LogP contribution is -2.46. The van der Waals surface area contributed by atoms with Crippen LogP contribution >= 0.6 is 0 Å². The second-order valence-electron chi connectivity index (χ2n) is 5.04. The Kier molecular flexibility index (Phi) is 5.30. The summed E-state index contributed by atoms with van der Waals surface area (Å²) in [5.74, 6) is -1.54. The summed E-state index contributed by atoms with van der Waals surface area (Å²) in [6, 6.07) is 7.46. The predicted molar refractivity (Wildman–Crippen MR) is 78.4 cm³/mol. The Morgan fingerprint density at radius 1 is 1.43 bits per heavy atom. The topological polar surface area (TPSA) is 78.9 Å². The molecule has 0 saturated carbocycles. The quantitative estimate of drug-likeness (QED) is 0.747. The number of carbonyl (C=O) groups excluding carboxylic acids is 1. The van der Waals surface area contributed by atoms with Crippen molar-refractivity contribution in [2.45, 2.75) is 6.42 Å². The lowest BCUT2D eigenvalue weighted by atomic mass is 9.92. The number of amides is 1. The van der Waals surface area contributed by atoms with E-state index in [1.807, 2.05) is 24.3 Å². The van der Waals surface area contributed by atoms with Gasteiger partial charge >= 0.3 is 5.97 Å². The van der Waals surface area contributed by atoms with Gasteiger partial charge in [-0.15, -0.1) is 0 Å². The maximum atomic E-state index is 12.3. The molecule has 1 heterocycles. The van der Waals surface area contributed by atoms with Gasteiger partial charge in [-0.25, -0.2) is 0 Å². The van der Waals surface area contributed by atoms with Gasteiger partial charge < -0.3 is 20.1 Å². The Bertz CT molecular complexity index is 518. The zero-order valence-electron chi connectivity index (χ0n) is 12.0. The molecule has 21 heavy (non-hydrogen) atoms.